The average Bonchev–Trinajstić information content (AvgIpc) is 3.21. The van der Waals surface area contributed by atoms with Crippen LogP contribution < -0.4 is 0 Å². The maximum atomic E-state index is 5.54. The van der Waals surface area contributed by atoms with Crippen molar-refractivity contribution in [3.05, 3.63) is 83.0 Å². The summed E-state index contributed by atoms with van der Waals surface area (Å²) in [6, 6.07) is 15.6. The van der Waals surface area contributed by atoms with Crippen molar-refractivity contribution in [1.29, 1.82) is 0 Å². The molecule has 0 saturated heterocycles. The lowest BCUT2D eigenvalue weighted by atomic mass is 9.68. The quantitative estimate of drug-likeness (QED) is 0.620. The standard InChI is InChI=1S/C24H22/c1-4-9-17-14-15-20-19-12-7-8-13-21(19)23(22(20)16-17)24(2,3)18-10-5-6-11-18/h1,5-8,10,12-16,23H,9,11H2,2-3H3. The van der Waals surface area contributed by atoms with Crippen LogP contribution in [0.5, 0.6) is 0 Å². The van der Waals surface area contributed by atoms with E-state index in [1.165, 1.54) is 33.4 Å². The van der Waals surface area contributed by atoms with Gasteiger partial charge in [-0.25, -0.2) is 0 Å². The first-order chi connectivity index (χ1) is 11.6. The molecule has 0 heteroatoms. The van der Waals surface area contributed by atoms with Gasteiger partial charge in [0.2, 0.25) is 0 Å². The molecule has 0 spiro atoms. The number of hydrogen-bond donors (Lipinski definition) is 0. The zero-order valence-electron chi connectivity index (χ0n) is 14.3. The van der Waals surface area contributed by atoms with Gasteiger partial charge >= 0.3 is 0 Å². The van der Waals surface area contributed by atoms with E-state index in [2.05, 4.69) is 80.5 Å². The molecule has 0 fully saturated rings. The third-order valence-corrected chi connectivity index (χ3v) is 5.62. The van der Waals surface area contributed by atoms with Gasteiger partial charge in [0.05, 0.1) is 0 Å². The van der Waals surface area contributed by atoms with Crippen LogP contribution >= 0.6 is 0 Å². The van der Waals surface area contributed by atoms with Crippen LogP contribution in [0.15, 0.2) is 66.3 Å². The van der Waals surface area contributed by atoms with Gasteiger partial charge < -0.3 is 0 Å². The van der Waals surface area contributed by atoms with Crippen molar-refractivity contribution in [2.75, 3.05) is 0 Å². The summed E-state index contributed by atoms with van der Waals surface area (Å²) >= 11 is 0. The molecule has 0 radical (unpaired) electrons. The van der Waals surface area contributed by atoms with Crippen LogP contribution in [0.4, 0.5) is 0 Å². The monoisotopic (exact) mass is 310 g/mol. The fourth-order valence-corrected chi connectivity index (χ4v) is 4.37. The van der Waals surface area contributed by atoms with Crippen molar-refractivity contribution in [3.8, 4) is 23.5 Å². The van der Waals surface area contributed by atoms with Crippen LogP contribution in [0.1, 0.15) is 42.9 Å². The molecule has 118 valence electrons. The minimum absolute atomic E-state index is 0.0830. The fraction of sp³-hybridized carbons (Fsp3) is 0.250. The SMILES string of the molecule is C#CCc1ccc2c(c1)C(C(C)(C)C1=CC=CC1)c1ccccc1-2. The number of terminal acetylenes is 1. The van der Waals surface area contributed by atoms with Gasteiger partial charge in [0.25, 0.3) is 0 Å². The predicted molar refractivity (Wildman–Crippen MR) is 102 cm³/mol. The Hall–Kier alpha value is -2.52. The number of fused-ring (bicyclic) bond motifs is 3. The summed E-state index contributed by atoms with van der Waals surface area (Å²) < 4.78 is 0. The molecule has 4 rings (SSSR count). The molecule has 2 aromatic rings. The molecule has 0 N–H and O–H groups in total. The third kappa shape index (κ3) is 2.16. The van der Waals surface area contributed by atoms with Gasteiger partial charge in [0, 0.05) is 12.3 Å². The van der Waals surface area contributed by atoms with Crippen molar-refractivity contribution in [1.82, 2.24) is 0 Å². The molecular formula is C24H22. The molecule has 2 aliphatic rings. The smallest absolute Gasteiger partial charge is 0.0337 e. The van der Waals surface area contributed by atoms with Gasteiger partial charge in [-0.05, 0) is 39.7 Å². The Kier molecular flexibility index (Phi) is 3.47. The van der Waals surface area contributed by atoms with E-state index < -0.39 is 0 Å². The van der Waals surface area contributed by atoms with E-state index in [1.54, 1.807) is 0 Å². The van der Waals surface area contributed by atoms with E-state index in [1.807, 2.05) is 0 Å². The number of rotatable bonds is 3. The third-order valence-electron chi connectivity index (χ3n) is 5.62. The Morgan fingerprint density at radius 1 is 1.08 bits per heavy atom. The summed E-state index contributed by atoms with van der Waals surface area (Å²) in [5.41, 5.74) is 8.46. The Balaban J connectivity index is 1.91. The highest BCUT2D eigenvalue weighted by atomic mass is 14.4. The van der Waals surface area contributed by atoms with Crippen LogP contribution in [-0.2, 0) is 6.42 Å². The van der Waals surface area contributed by atoms with Crippen LogP contribution in [-0.4, -0.2) is 0 Å². The first-order valence-corrected chi connectivity index (χ1v) is 8.64. The van der Waals surface area contributed by atoms with Crippen LogP contribution in [0.2, 0.25) is 0 Å². The van der Waals surface area contributed by atoms with Gasteiger partial charge in [-0.3, -0.25) is 0 Å². The minimum atomic E-state index is 0.0830. The second-order valence-corrected chi connectivity index (χ2v) is 7.37. The summed E-state index contributed by atoms with van der Waals surface area (Å²) in [6.45, 7) is 4.77. The largest absolute Gasteiger partial charge is 0.120 e. The molecule has 0 nitrogen and oxygen atoms in total. The molecule has 1 atom stereocenters. The highest BCUT2D eigenvalue weighted by molar-refractivity contribution is 5.80. The van der Waals surface area contributed by atoms with Crippen molar-refractivity contribution in [3.63, 3.8) is 0 Å². The zero-order chi connectivity index (χ0) is 16.7. The maximum Gasteiger partial charge on any atom is 0.0337 e. The summed E-state index contributed by atoms with van der Waals surface area (Å²) in [6.07, 6.45) is 14.0. The molecule has 0 bridgehead atoms. The summed E-state index contributed by atoms with van der Waals surface area (Å²) in [5, 5.41) is 0. The molecule has 0 aromatic heterocycles. The van der Waals surface area contributed by atoms with E-state index in [0.29, 0.717) is 12.3 Å². The highest BCUT2D eigenvalue weighted by Crippen LogP contribution is 2.56. The summed E-state index contributed by atoms with van der Waals surface area (Å²) in [7, 11) is 0. The number of allylic oxidation sites excluding steroid dienone is 4. The predicted octanol–water partition coefficient (Wildman–Crippen LogP) is 5.89. The topological polar surface area (TPSA) is 0 Å². The number of benzene rings is 2. The van der Waals surface area contributed by atoms with Gasteiger partial charge in [0.15, 0.2) is 0 Å². The Morgan fingerprint density at radius 3 is 2.62 bits per heavy atom. The number of hydrogen-bond acceptors (Lipinski definition) is 0. The first-order valence-electron chi connectivity index (χ1n) is 8.64. The minimum Gasteiger partial charge on any atom is -0.120 e. The van der Waals surface area contributed by atoms with Gasteiger partial charge in [0.1, 0.15) is 0 Å². The van der Waals surface area contributed by atoms with Crippen molar-refractivity contribution in [2.24, 2.45) is 5.41 Å². The molecule has 2 aromatic carbocycles. The molecule has 0 amide bonds. The zero-order valence-corrected chi connectivity index (χ0v) is 14.3. The lowest BCUT2D eigenvalue weighted by molar-refractivity contribution is 0.388. The maximum absolute atomic E-state index is 5.54. The van der Waals surface area contributed by atoms with Crippen LogP contribution in [0.25, 0.3) is 11.1 Å². The fourth-order valence-electron chi connectivity index (χ4n) is 4.37. The summed E-state index contributed by atoms with van der Waals surface area (Å²) in [4.78, 5) is 0. The lowest BCUT2D eigenvalue weighted by Crippen LogP contribution is -2.24. The molecule has 0 aliphatic heterocycles. The Bertz CT molecular complexity index is 900. The molecule has 1 unspecified atom stereocenters. The van der Waals surface area contributed by atoms with Crippen LogP contribution in [0.3, 0.4) is 0 Å². The Morgan fingerprint density at radius 2 is 1.88 bits per heavy atom. The van der Waals surface area contributed by atoms with E-state index in [4.69, 9.17) is 6.42 Å². The molecular weight excluding hydrogens is 288 g/mol. The van der Waals surface area contributed by atoms with Crippen LogP contribution in [0, 0.1) is 17.8 Å². The van der Waals surface area contributed by atoms with Crippen molar-refractivity contribution < 1.29 is 0 Å². The average molecular weight is 310 g/mol. The summed E-state index contributed by atoms with van der Waals surface area (Å²) in [5.74, 6) is 3.17. The van der Waals surface area contributed by atoms with E-state index in [9.17, 15) is 0 Å². The second kappa shape index (κ2) is 5.53. The molecule has 24 heavy (non-hydrogen) atoms. The van der Waals surface area contributed by atoms with E-state index >= 15 is 0 Å². The van der Waals surface area contributed by atoms with Gasteiger partial charge in [-0.2, -0.15) is 0 Å². The normalized spacial score (nSPS) is 18.0. The van der Waals surface area contributed by atoms with Crippen molar-refractivity contribution in [2.45, 2.75) is 32.6 Å². The lowest BCUT2D eigenvalue weighted by Gasteiger charge is -2.35. The van der Waals surface area contributed by atoms with Gasteiger partial charge in [-0.1, -0.05) is 80.1 Å². The second-order valence-electron chi connectivity index (χ2n) is 7.37. The molecule has 0 heterocycles. The first kappa shape index (κ1) is 15.0. The van der Waals surface area contributed by atoms with E-state index in [0.717, 1.165) is 6.42 Å². The molecule has 2 aliphatic carbocycles. The van der Waals surface area contributed by atoms with E-state index in [-0.39, 0.29) is 5.41 Å². The van der Waals surface area contributed by atoms with Gasteiger partial charge in [-0.15, -0.1) is 12.3 Å². The highest BCUT2D eigenvalue weighted by Gasteiger charge is 2.41. The van der Waals surface area contributed by atoms with Crippen molar-refractivity contribution >= 4 is 0 Å². The molecule has 0 saturated carbocycles. The Labute approximate surface area is 144 Å².